The van der Waals surface area contributed by atoms with Crippen molar-refractivity contribution < 1.29 is 9.53 Å². The molecule has 26 heavy (non-hydrogen) atoms. The summed E-state index contributed by atoms with van der Waals surface area (Å²) < 4.78 is 7.00. The molecule has 136 valence electrons. The molecule has 7 nitrogen and oxygen atoms in total. The average molecular weight is 371 g/mol. The van der Waals surface area contributed by atoms with E-state index >= 15 is 0 Å². The van der Waals surface area contributed by atoms with Crippen LogP contribution in [-0.2, 0) is 9.53 Å². The van der Waals surface area contributed by atoms with Crippen LogP contribution >= 0.6 is 11.8 Å². The van der Waals surface area contributed by atoms with Crippen molar-refractivity contribution in [3.63, 3.8) is 0 Å². The highest BCUT2D eigenvalue weighted by atomic mass is 32.2. The summed E-state index contributed by atoms with van der Waals surface area (Å²) in [5.74, 6) is 1.10. The van der Waals surface area contributed by atoms with Crippen molar-refractivity contribution in [2.24, 2.45) is 0 Å². The molecular formula is C18H21N5O2S. The first-order valence-electron chi connectivity index (χ1n) is 8.41. The molecule has 0 bridgehead atoms. The number of aromatic nitrogens is 4. The number of hydrogen-bond acceptors (Lipinski definition) is 7. The summed E-state index contributed by atoms with van der Waals surface area (Å²) in [6.45, 7) is 7.67. The third kappa shape index (κ3) is 3.65. The molecule has 0 saturated carbocycles. The van der Waals surface area contributed by atoms with Gasteiger partial charge >= 0.3 is 5.97 Å². The maximum atomic E-state index is 12.7. The molecule has 8 heteroatoms. The zero-order valence-electron chi connectivity index (χ0n) is 14.8. The van der Waals surface area contributed by atoms with Crippen molar-refractivity contribution >= 4 is 23.7 Å². The summed E-state index contributed by atoms with van der Waals surface area (Å²) in [4.78, 5) is 21.7. The number of hydrogen-bond donors (Lipinski definition) is 1. The molecule has 0 aliphatic carbocycles. The molecule has 1 N–H and O–H groups in total. The van der Waals surface area contributed by atoms with Crippen LogP contribution < -0.4 is 5.32 Å². The number of pyridine rings is 1. The number of esters is 1. The number of thioether (sulfide) groups is 1. The highest BCUT2D eigenvalue weighted by Crippen LogP contribution is 2.35. The zero-order chi connectivity index (χ0) is 18.5. The Labute approximate surface area is 156 Å². The summed E-state index contributed by atoms with van der Waals surface area (Å²) in [6, 6.07) is 5.10. The zero-order valence-corrected chi connectivity index (χ0v) is 15.6. The predicted molar refractivity (Wildman–Crippen MR) is 101 cm³/mol. The van der Waals surface area contributed by atoms with Crippen molar-refractivity contribution in [2.45, 2.75) is 31.5 Å². The van der Waals surface area contributed by atoms with E-state index in [0.29, 0.717) is 28.1 Å². The van der Waals surface area contributed by atoms with E-state index in [1.54, 1.807) is 28.7 Å². The Morgan fingerprint density at radius 1 is 1.50 bits per heavy atom. The smallest absolute Gasteiger partial charge is 0.338 e. The first-order valence-corrected chi connectivity index (χ1v) is 9.40. The minimum absolute atomic E-state index is 0.145. The van der Waals surface area contributed by atoms with E-state index in [1.165, 1.54) is 0 Å². The Balaban J connectivity index is 2.04. The van der Waals surface area contributed by atoms with Crippen molar-refractivity contribution in [2.75, 3.05) is 17.7 Å². The molecule has 0 radical (unpaired) electrons. The van der Waals surface area contributed by atoms with Gasteiger partial charge in [-0.05, 0) is 25.5 Å². The number of rotatable bonds is 7. The summed E-state index contributed by atoms with van der Waals surface area (Å²) in [5, 5.41) is 8.43. The molecule has 0 spiro atoms. The van der Waals surface area contributed by atoms with Crippen LogP contribution in [0.4, 0.5) is 5.95 Å². The van der Waals surface area contributed by atoms with Crippen LogP contribution in [0.3, 0.4) is 0 Å². The van der Waals surface area contributed by atoms with Gasteiger partial charge in [0.05, 0.1) is 11.3 Å². The molecule has 1 aliphatic heterocycles. The van der Waals surface area contributed by atoms with Crippen molar-refractivity contribution in [1.82, 2.24) is 19.7 Å². The van der Waals surface area contributed by atoms with Crippen LogP contribution in [0.15, 0.2) is 53.5 Å². The normalized spacial score (nSPS) is 16.0. The van der Waals surface area contributed by atoms with E-state index in [2.05, 4.69) is 33.9 Å². The Morgan fingerprint density at radius 2 is 2.35 bits per heavy atom. The second-order valence-electron chi connectivity index (χ2n) is 5.72. The monoisotopic (exact) mass is 371 g/mol. The van der Waals surface area contributed by atoms with Gasteiger partial charge in [-0.25, -0.2) is 9.48 Å². The summed E-state index contributed by atoms with van der Waals surface area (Å²) in [6.07, 6.45) is 4.27. The molecule has 0 fully saturated rings. The number of ether oxygens (including phenoxy) is 1. The number of fused-ring (bicyclic) bond motifs is 1. The maximum absolute atomic E-state index is 12.7. The van der Waals surface area contributed by atoms with Crippen LogP contribution in [0, 0.1) is 0 Å². The first kappa shape index (κ1) is 18.2. The Bertz CT molecular complexity index is 831. The van der Waals surface area contributed by atoms with Gasteiger partial charge in [0, 0.05) is 17.6 Å². The van der Waals surface area contributed by atoms with E-state index in [-0.39, 0.29) is 6.61 Å². The minimum Gasteiger partial charge on any atom is -0.458 e. The van der Waals surface area contributed by atoms with E-state index in [0.717, 1.165) is 12.2 Å². The van der Waals surface area contributed by atoms with Crippen LogP contribution in [-0.4, -0.2) is 38.1 Å². The average Bonchev–Trinajstić information content (AvgIpc) is 3.06. The Morgan fingerprint density at radius 3 is 3.04 bits per heavy atom. The molecule has 3 rings (SSSR count). The number of nitrogens with zero attached hydrogens (tertiary/aromatic N) is 4. The standard InChI is InChI=1S/C18H21N5O2S/c1-4-10-25-16(24)14-12(3)20-17-21-18(26-11-5-2)22-23(17)15(14)13-8-6-7-9-19-13/h4,6-9,15H,1,5,10-11H2,2-3H3,(H,20,21,22). The van der Waals surface area contributed by atoms with Gasteiger partial charge in [-0.15, -0.1) is 5.10 Å². The Kier molecular flexibility index (Phi) is 5.72. The lowest BCUT2D eigenvalue weighted by atomic mass is 10.00. The van der Waals surface area contributed by atoms with Crippen molar-refractivity contribution in [1.29, 1.82) is 0 Å². The quantitative estimate of drug-likeness (QED) is 0.455. The van der Waals surface area contributed by atoms with Crippen LogP contribution in [0.2, 0.25) is 0 Å². The molecule has 3 heterocycles. The lowest BCUT2D eigenvalue weighted by molar-refractivity contribution is -0.138. The van der Waals surface area contributed by atoms with Gasteiger partial charge in [0.25, 0.3) is 0 Å². The molecule has 2 aromatic rings. The summed E-state index contributed by atoms with van der Waals surface area (Å²) in [5.41, 5.74) is 1.86. The number of allylic oxidation sites excluding steroid dienone is 1. The third-order valence-corrected chi connectivity index (χ3v) is 4.83. The number of carbonyl (C=O) groups excluding carboxylic acids is 1. The van der Waals surface area contributed by atoms with Crippen LogP contribution in [0.25, 0.3) is 0 Å². The van der Waals surface area contributed by atoms with Gasteiger partial charge in [0.1, 0.15) is 12.6 Å². The molecule has 1 aliphatic rings. The molecule has 0 aromatic carbocycles. The molecule has 0 amide bonds. The van der Waals surface area contributed by atoms with Gasteiger partial charge in [-0.1, -0.05) is 37.4 Å². The van der Waals surface area contributed by atoms with Crippen molar-refractivity contribution in [3.05, 3.63) is 54.0 Å². The molecule has 1 atom stereocenters. The van der Waals surface area contributed by atoms with E-state index in [4.69, 9.17) is 4.74 Å². The van der Waals surface area contributed by atoms with Crippen molar-refractivity contribution in [3.8, 4) is 0 Å². The molecule has 1 unspecified atom stereocenters. The fraction of sp³-hybridized carbons (Fsp3) is 0.333. The second-order valence-corrected chi connectivity index (χ2v) is 6.78. The largest absolute Gasteiger partial charge is 0.458 e. The van der Waals surface area contributed by atoms with Gasteiger partial charge < -0.3 is 10.1 Å². The van der Waals surface area contributed by atoms with E-state index in [1.807, 2.05) is 25.1 Å². The maximum Gasteiger partial charge on any atom is 0.338 e. The minimum atomic E-state index is -0.492. The fourth-order valence-electron chi connectivity index (χ4n) is 2.67. The lowest BCUT2D eigenvalue weighted by Crippen LogP contribution is -2.30. The van der Waals surface area contributed by atoms with Gasteiger partial charge in [-0.3, -0.25) is 4.98 Å². The SMILES string of the molecule is C=CCOC(=O)C1=C(C)Nc2nc(SCCC)nn2C1c1ccccn1. The molecule has 2 aromatic heterocycles. The number of anilines is 1. The lowest BCUT2D eigenvalue weighted by Gasteiger charge is -2.27. The number of nitrogens with one attached hydrogen (secondary N) is 1. The number of carbonyl (C=O) groups is 1. The third-order valence-electron chi connectivity index (χ3n) is 3.79. The Hall–Kier alpha value is -2.61. The topological polar surface area (TPSA) is 81.9 Å². The summed E-state index contributed by atoms with van der Waals surface area (Å²) >= 11 is 1.58. The molecular weight excluding hydrogens is 350 g/mol. The van der Waals surface area contributed by atoms with Gasteiger partial charge in [0.15, 0.2) is 0 Å². The highest BCUT2D eigenvalue weighted by molar-refractivity contribution is 7.99. The van der Waals surface area contributed by atoms with Crippen LogP contribution in [0.5, 0.6) is 0 Å². The fourth-order valence-corrected chi connectivity index (χ4v) is 3.36. The van der Waals surface area contributed by atoms with Gasteiger partial charge in [-0.2, -0.15) is 4.98 Å². The second kappa shape index (κ2) is 8.18. The van der Waals surface area contributed by atoms with E-state index < -0.39 is 12.0 Å². The molecule has 0 saturated heterocycles. The highest BCUT2D eigenvalue weighted by Gasteiger charge is 2.35. The van der Waals surface area contributed by atoms with E-state index in [9.17, 15) is 4.79 Å². The first-order chi connectivity index (χ1) is 12.7. The van der Waals surface area contributed by atoms with Crippen LogP contribution in [0.1, 0.15) is 32.0 Å². The predicted octanol–water partition coefficient (Wildman–Crippen LogP) is 3.19. The summed E-state index contributed by atoms with van der Waals surface area (Å²) in [7, 11) is 0. The van der Waals surface area contributed by atoms with Gasteiger partial charge in [0.2, 0.25) is 11.1 Å².